The summed E-state index contributed by atoms with van der Waals surface area (Å²) >= 11 is 6.99. The fraction of sp³-hybridized carbons (Fsp3) is 0.333. The minimum absolute atomic E-state index is 0.257. The summed E-state index contributed by atoms with van der Waals surface area (Å²) in [5, 5.41) is 0.197. The lowest BCUT2D eigenvalue weighted by Gasteiger charge is -2.11. The minimum Gasteiger partial charge on any atom is -0.495 e. The number of ether oxygens (including phenoxy) is 2. The molecule has 1 aromatic carbocycles. The van der Waals surface area contributed by atoms with E-state index in [9.17, 15) is 9.59 Å². The molecule has 1 aliphatic rings. The van der Waals surface area contributed by atoms with Gasteiger partial charge in [0.25, 0.3) is 11.1 Å². The first-order chi connectivity index (χ1) is 10.6. The molecule has 0 spiro atoms. The van der Waals surface area contributed by atoms with Crippen molar-refractivity contribution in [3.63, 3.8) is 0 Å². The Hall–Kier alpha value is -1.50. The molecule has 1 aliphatic heterocycles. The molecule has 1 aromatic rings. The molecule has 0 radical (unpaired) electrons. The van der Waals surface area contributed by atoms with E-state index in [0.29, 0.717) is 35.2 Å². The van der Waals surface area contributed by atoms with Crippen LogP contribution in [-0.4, -0.2) is 43.4 Å². The van der Waals surface area contributed by atoms with Gasteiger partial charge in [-0.15, -0.1) is 0 Å². The van der Waals surface area contributed by atoms with Gasteiger partial charge in [0, 0.05) is 20.3 Å². The van der Waals surface area contributed by atoms with E-state index in [0.717, 1.165) is 17.3 Å². The molecule has 0 aliphatic carbocycles. The van der Waals surface area contributed by atoms with Crippen LogP contribution in [0.25, 0.3) is 6.08 Å². The number of rotatable bonds is 6. The van der Waals surface area contributed by atoms with Gasteiger partial charge in [0.2, 0.25) is 0 Å². The van der Waals surface area contributed by atoms with Crippen LogP contribution in [0.5, 0.6) is 5.75 Å². The normalized spacial score (nSPS) is 16.7. The molecule has 2 amide bonds. The molecule has 0 atom stereocenters. The number of hydrogen-bond acceptors (Lipinski definition) is 5. The largest absolute Gasteiger partial charge is 0.495 e. The summed E-state index contributed by atoms with van der Waals surface area (Å²) in [6.07, 6.45) is 2.28. The third kappa shape index (κ3) is 3.82. The molecule has 1 fully saturated rings. The summed E-state index contributed by atoms with van der Waals surface area (Å²) in [5.41, 5.74) is 0.744. The number of hydrogen-bond donors (Lipinski definition) is 0. The molecular weight excluding hydrogens is 326 g/mol. The Morgan fingerprint density at radius 3 is 2.73 bits per heavy atom. The van der Waals surface area contributed by atoms with E-state index in [-0.39, 0.29) is 11.1 Å². The van der Waals surface area contributed by atoms with Crippen LogP contribution in [0.4, 0.5) is 4.79 Å². The van der Waals surface area contributed by atoms with Crippen molar-refractivity contribution in [2.75, 3.05) is 27.4 Å². The van der Waals surface area contributed by atoms with E-state index in [1.54, 1.807) is 31.4 Å². The van der Waals surface area contributed by atoms with Gasteiger partial charge in [-0.3, -0.25) is 14.5 Å². The fourth-order valence-electron chi connectivity index (χ4n) is 1.98. The van der Waals surface area contributed by atoms with Crippen molar-refractivity contribution in [3.8, 4) is 5.75 Å². The number of benzene rings is 1. The first-order valence-electron chi connectivity index (χ1n) is 6.64. The molecular formula is C15H16ClNO4S. The van der Waals surface area contributed by atoms with Gasteiger partial charge in [-0.25, -0.2) is 0 Å². The van der Waals surface area contributed by atoms with Gasteiger partial charge >= 0.3 is 0 Å². The first-order valence-corrected chi connectivity index (χ1v) is 7.84. The zero-order valence-electron chi connectivity index (χ0n) is 12.3. The molecule has 0 bridgehead atoms. The topological polar surface area (TPSA) is 55.8 Å². The van der Waals surface area contributed by atoms with Gasteiger partial charge in [-0.1, -0.05) is 17.7 Å². The van der Waals surface area contributed by atoms with Crippen LogP contribution >= 0.6 is 23.4 Å². The molecule has 2 rings (SSSR count). The number of thioether (sulfide) groups is 1. The zero-order chi connectivity index (χ0) is 16.1. The van der Waals surface area contributed by atoms with E-state index in [4.69, 9.17) is 21.1 Å². The molecule has 0 saturated carbocycles. The number of halogens is 1. The number of amides is 2. The molecule has 7 heteroatoms. The van der Waals surface area contributed by atoms with Crippen molar-refractivity contribution in [3.05, 3.63) is 33.7 Å². The molecule has 1 heterocycles. The number of nitrogens with zero attached hydrogens (tertiary/aromatic N) is 1. The van der Waals surface area contributed by atoms with Crippen molar-refractivity contribution >= 4 is 40.6 Å². The molecule has 0 unspecified atom stereocenters. The summed E-state index contributed by atoms with van der Waals surface area (Å²) in [6, 6.07) is 5.19. The Kier molecular flexibility index (Phi) is 5.88. The number of carbonyl (C=O) groups excluding carboxylic acids is 2. The second kappa shape index (κ2) is 7.67. The van der Waals surface area contributed by atoms with Crippen LogP contribution in [0.2, 0.25) is 5.02 Å². The van der Waals surface area contributed by atoms with Gasteiger partial charge in [-0.05, 0) is 42.0 Å². The molecule has 0 aromatic heterocycles. The monoisotopic (exact) mass is 341 g/mol. The van der Waals surface area contributed by atoms with Crippen molar-refractivity contribution in [1.82, 2.24) is 4.90 Å². The highest BCUT2D eigenvalue weighted by Gasteiger charge is 2.34. The molecule has 5 nitrogen and oxygen atoms in total. The van der Waals surface area contributed by atoms with Gasteiger partial charge in [0.1, 0.15) is 5.75 Å². The van der Waals surface area contributed by atoms with Crippen LogP contribution in [0.15, 0.2) is 23.1 Å². The first kappa shape index (κ1) is 16.9. The lowest BCUT2D eigenvalue weighted by atomic mass is 10.2. The van der Waals surface area contributed by atoms with Crippen LogP contribution in [0, 0.1) is 0 Å². The second-order valence-electron chi connectivity index (χ2n) is 4.57. The average Bonchev–Trinajstić information content (AvgIpc) is 2.75. The molecule has 118 valence electrons. The summed E-state index contributed by atoms with van der Waals surface area (Å²) in [4.78, 5) is 25.8. The maximum absolute atomic E-state index is 12.2. The smallest absolute Gasteiger partial charge is 0.293 e. The van der Waals surface area contributed by atoms with Gasteiger partial charge in [0.05, 0.1) is 17.0 Å². The van der Waals surface area contributed by atoms with Crippen LogP contribution in [0.3, 0.4) is 0 Å². The highest BCUT2D eigenvalue weighted by atomic mass is 35.5. The number of carbonyl (C=O) groups is 2. The molecule has 1 saturated heterocycles. The lowest BCUT2D eigenvalue weighted by molar-refractivity contribution is -0.122. The van der Waals surface area contributed by atoms with Crippen LogP contribution in [0.1, 0.15) is 12.0 Å². The quantitative estimate of drug-likeness (QED) is 0.586. The Morgan fingerprint density at radius 1 is 1.32 bits per heavy atom. The van der Waals surface area contributed by atoms with E-state index < -0.39 is 0 Å². The molecule has 22 heavy (non-hydrogen) atoms. The minimum atomic E-state index is -0.280. The van der Waals surface area contributed by atoms with Gasteiger partial charge in [0.15, 0.2) is 0 Å². The summed E-state index contributed by atoms with van der Waals surface area (Å²) < 4.78 is 10.0. The van der Waals surface area contributed by atoms with E-state index >= 15 is 0 Å². The Morgan fingerprint density at radius 2 is 2.09 bits per heavy atom. The highest BCUT2D eigenvalue weighted by Crippen LogP contribution is 2.33. The zero-order valence-corrected chi connectivity index (χ0v) is 13.9. The molecule has 0 N–H and O–H groups in total. The highest BCUT2D eigenvalue weighted by molar-refractivity contribution is 8.18. The number of methoxy groups -OCH3 is 2. The van der Waals surface area contributed by atoms with Gasteiger partial charge in [-0.2, -0.15) is 0 Å². The Balaban J connectivity index is 2.14. The van der Waals surface area contributed by atoms with Crippen molar-refractivity contribution in [1.29, 1.82) is 0 Å². The van der Waals surface area contributed by atoms with Gasteiger partial charge < -0.3 is 9.47 Å². The Bertz CT molecular complexity index is 618. The van der Waals surface area contributed by atoms with Crippen molar-refractivity contribution in [2.45, 2.75) is 6.42 Å². The van der Waals surface area contributed by atoms with E-state index in [1.807, 2.05) is 0 Å². The average molecular weight is 342 g/mol. The maximum Gasteiger partial charge on any atom is 0.293 e. The van der Waals surface area contributed by atoms with Crippen molar-refractivity contribution in [2.24, 2.45) is 0 Å². The maximum atomic E-state index is 12.2. The fourth-order valence-corrected chi connectivity index (χ4v) is 3.11. The standard InChI is InChI=1S/C15H16ClNO4S/c1-20-7-3-6-17-14(18)13(22-15(17)19)9-10-4-5-12(21-2)11(16)8-10/h4-5,8-9H,3,6-7H2,1-2H3/b13-9+. The number of imide groups is 1. The third-order valence-electron chi connectivity index (χ3n) is 3.08. The predicted octanol–water partition coefficient (Wildman–Crippen LogP) is 3.42. The lowest BCUT2D eigenvalue weighted by Crippen LogP contribution is -2.29. The SMILES string of the molecule is COCCCN1C(=O)S/C(=C/c2ccc(OC)c(Cl)c2)C1=O. The van der Waals surface area contributed by atoms with Crippen LogP contribution in [-0.2, 0) is 9.53 Å². The van der Waals surface area contributed by atoms with Crippen molar-refractivity contribution < 1.29 is 19.1 Å². The summed E-state index contributed by atoms with van der Waals surface area (Å²) in [7, 11) is 3.12. The Labute approximate surface area is 138 Å². The third-order valence-corrected chi connectivity index (χ3v) is 4.28. The predicted molar refractivity (Wildman–Crippen MR) is 87.2 cm³/mol. The second-order valence-corrected chi connectivity index (χ2v) is 5.97. The summed E-state index contributed by atoms with van der Waals surface area (Å²) in [5.74, 6) is 0.282. The van der Waals surface area contributed by atoms with E-state index in [1.165, 1.54) is 12.0 Å². The van der Waals surface area contributed by atoms with Crippen LogP contribution < -0.4 is 4.74 Å². The summed E-state index contributed by atoms with van der Waals surface area (Å²) in [6.45, 7) is 0.869. The van der Waals surface area contributed by atoms with E-state index in [2.05, 4.69) is 0 Å².